The fourth-order valence-corrected chi connectivity index (χ4v) is 5.05. The number of ether oxygens (including phenoxy) is 2. The maximum absolute atomic E-state index is 13.0. The molecule has 0 bridgehead atoms. The number of carbonyl (C=O) groups excluding carboxylic acids is 3. The average molecular weight is 439 g/mol. The van der Waals surface area contributed by atoms with Crippen LogP contribution in [0.5, 0.6) is 5.75 Å². The Morgan fingerprint density at radius 1 is 1.17 bits per heavy atom. The van der Waals surface area contributed by atoms with Crippen molar-refractivity contribution in [3.05, 3.63) is 18.2 Å². The van der Waals surface area contributed by atoms with E-state index in [1.54, 1.807) is 11.8 Å². The number of imide groups is 1. The highest BCUT2D eigenvalue weighted by Crippen LogP contribution is 2.31. The number of likely N-dealkylation sites (tertiary alicyclic amines) is 1. The number of hydrogen-bond donors (Lipinski definition) is 1. The molecule has 0 spiro atoms. The maximum atomic E-state index is 13.0. The van der Waals surface area contributed by atoms with Gasteiger partial charge in [0.05, 0.1) is 19.4 Å². The van der Waals surface area contributed by atoms with Gasteiger partial charge in [-0.1, -0.05) is 0 Å². The van der Waals surface area contributed by atoms with Crippen LogP contribution in [0.1, 0.15) is 32.6 Å². The minimum atomic E-state index is -4.00. The molecule has 11 heteroatoms. The van der Waals surface area contributed by atoms with E-state index < -0.39 is 16.1 Å². The van der Waals surface area contributed by atoms with Gasteiger partial charge in [-0.15, -0.1) is 0 Å². The molecule has 3 amide bonds. The van der Waals surface area contributed by atoms with Crippen molar-refractivity contribution >= 4 is 33.6 Å². The zero-order chi connectivity index (χ0) is 21.9. The number of sulfonamides is 1. The molecule has 2 aliphatic rings. The number of hydrogen-bond acceptors (Lipinski definition) is 7. The summed E-state index contributed by atoms with van der Waals surface area (Å²) in [7, 11) is -2.65. The molecule has 2 fully saturated rings. The summed E-state index contributed by atoms with van der Waals surface area (Å²) < 4.78 is 38.9. The second-order valence-corrected chi connectivity index (χ2v) is 8.72. The van der Waals surface area contributed by atoms with Crippen molar-refractivity contribution in [2.24, 2.45) is 0 Å². The third kappa shape index (κ3) is 4.57. The number of rotatable bonds is 6. The maximum Gasteiger partial charge on any atom is 0.409 e. The quantitative estimate of drug-likeness (QED) is 0.662. The van der Waals surface area contributed by atoms with Gasteiger partial charge in [0.25, 0.3) is 0 Å². The van der Waals surface area contributed by atoms with Crippen LogP contribution in [0.15, 0.2) is 23.1 Å². The average Bonchev–Trinajstić information content (AvgIpc) is 3.06. The van der Waals surface area contributed by atoms with Crippen molar-refractivity contribution in [2.45, 2.75) is 43.5 Å². The summed E-state index contributed by atoms with van der Waals surface area (Å²) in [4.78, 5) is 38.2. The molecule has 0 aliphatic carbocycles. The molecule has 0 unspecified atom stereocenters. The molecule has 2 saturated heterocycles. The lowest BCUT2D eigenvalue weighted by atomic mass is 10.1. The van der Waals surface area contributed by atoms with Crippen molar-refractivity contribution in [3.63, 3.8) is 0 Å². The summed E-state index contributed by atoms with van der Waals surface area (Å²) in [5.41, 5.74) is 0.195. The van der Waals surface area contributed by atoms with E-state index >= 15 is 0 Å². The molecule has 2 heterocycles. The van der Waals surface area contributed by atoms with Crippen LogP contribution >= 0.6 is 0 Å². The Hall–Kier alpha value is -2.66. The van der Waals surface area contributed by atoms with Gasteiger partial charge in [0, 0.05) is 32.0 Å². The molecule has 0 saturated carbocycles. The van der Waals surface area contributed by atoms with E-state index in [0.717, 1.165) is 4.90 Å². The fraction of sp³-hybridized carbons (Fsp3) is 0.526. The van der Waals surface area contributed by atoms with Crippen LogP contribution in [-0.4, -0.2) is 64.1 Å². The van der Waals surface area contributed by atoms with Gasteiger partial charge in [-0.05, 0) is 38.0 Å². The first-order valence-electron chi connectivity index (χ1n) is 9.74. The van der Waals surface area contributed by atoms with Gasteiger partial charge < -0.3 is 14.4 Å². The first-order chi connectivity index (χ1) is 14.3. The van der Waals surface area contributed by atoms with Crippen molar-refractivity contribution in [1.82, 2.24) is 9.62 Å². The summed E-state index contributed by atoms with van der Waals surface area (Å²) in [5.74, 6) is -0.630. The normalized spacial score (nSPS) is 18.1. The van der Waals surface area contributed by atoms with Crippen molar-refractivity contribution in [1.29, 1.82) is 0 Å². The van der Waals surface area contributed by atoms with Gasteiger partial charge in [-0.2, -0.15) is 0 Å². The minimum absolute atomic E-state index is 0.101. The van der Waals surface area contributed by atoms with Crippen LogP contribution in [0.4, 0.5) is 10.5 Å². The molecule has 3 rings (SSSR count). The number of benzene rings is 1. The first kappa shape index (κ1) is 22.0. The van der Waals surface area contributed by atoms with Crippen LogP contribution in [0.3, 0.4) is 0 Å². The zero-order valence-electron chi connectivity index (χ0n) is 16.9. The van der Waals surface area contributed by atoms with Gasteiger partial charge in [-0.3, -0.25) is 14.5 Å². The van der Waals surface area contributed by atoms with Crippen LogP contribution in [0, 0.1) is 0 Å². The Labute approximate surface area is 175 Å². The van der Waals surface area contributed by atoms with E-state index in [1.807, 2.05) is 0 Å². The Bertz CT molecular complexity index is 923. The highest BCUT2D eigenvalue weighted by molar-refractivity contribution is 7.89. The van der Waals surface area contributed by atoms with Crippen LogP contribution < -0.4 is 14.4 Å². The molecule has 2 aliphatic heterocycles. The van der Waals surface area contributed by atoms with Gasteiger partial charge in [0.15, 0.2) is 0 Å². The van der Waals surface area contributed by atoms with E-state index in [4.69, 9.17) is 9.47 Å². The van der Waals surface area contributed by atoms with E-state index in [0.29, 0.717) is 25.9 Å². The number of carbonyl (C=O) groups is 3. The lowest BCUT2D eigenvalue weighted by molar-refractivity contribution is -0.121. The second kappa shape index (κ2) is 9.00. The number of nitrogens with zero attached hydrogens (tertiary/aromatic N) is 2. The monoisotopic (exact) mass is 439 g/mol. The summed E-state index contributed by atoms with van der Waals surface area (Å²) >= 11 is 0. The van der Waals surface area contributed by atoms with Crippen LogP contribution in [-0.2, 0) is 24.3 Å². The van der Waals surface area contributed by atoms with Crippen molar-refractivity contribution < 1.29 is 32.3 Å². The number of piperidine rings is 1. The standard InChI is InChI=1S/C19H25N3O7S/c1-3-29-19(25)21-10-8-13(9-11-21)20-30(26,27)16-12-14(4-5-15(16)28-2)22-17(23)6-7-18(22)24/h4-5,12-13,20H,3,6-11H2,1-2H3. The lowest BCUT2D eigenvalue weighted by Gasteiger charge is -2.31. The highest BCUT2D eigenvalue weighted by atomic mass is 32.2. The number of methoxy groups -OCH3 is 1. The number of amides is 3. The fourth-order valence-electron chi connectivity index (χ4n) is 3.56. The molecule has 30 heavy (non-hydrogen) atoms. The van der Waals surface area contributed by atoms with Crippen LogP contribution in [0.25, 0.3) is 0 Å². The number of anilines is 1. The molecule has 0 radical (unpaired) electrons. The molecule has 10 nitrogen and oxygen atoms in total. The Morgan fingerprint density at radius 3 is 2.37 bits per heavy atom. The smallest absolute Gasteiger partial charge is 0.409 e. The summed E-state index contributed by atoms with van der Waals surface area (Å²) in [6.45, 7) is 2.76. The SMILES string of the molecule is CCOC(=O)N1CCC(NS(=O)(=O)c2cc(N3C(=O)CCC3=O)ccc2OC)CC1. The minimum Gasteiger partial charge on any atom is -0.495 e. The number of nitrogens with one attached hydrogen (secondary N) is 1. The van der Waals surface area contributed by atoms with Gasteiger partial charge >= 0.3 is 6.09 Å². The van der Waals surface area contributed by atoms with Crippen LogP contribution in [0.2, 0.25) is 0 Å². The first-order valence-corrected chi connectivity index (χ1v) is 11.2. The summed E-state index contributed by atoms with van der Waals surface area (Å²) in [5, 5.41) is 0. The predicted octanol–water partition coefficient (Wildman–Crippen LogP) is 1.25. The Kier molecular flexibility index (Phi) is 6.61. The molecular weight excluding hydrogens is 414 g/mol. The molecule has 1 aromatic rings. The van der Waals surface area contributed by atoms with Gasteiger partial charge in [0.2, 0.25) is 21.8 Å². The van der Waals surface area contributed by atoms with Gasteiger partial charge in [0.1, 0.15) is 10.6 Å². The zero-order valence-corrected chi connectivity index (χ0v) is 17.7. The molecule has 0 aromatic heterocycles. The third-order valence-electron chi connectivity index (χ3n) is 5.09. The van der Waals surface area contributed by atoms with Crippen molar-refractivity contribution in [3.8, 4) is 5.75 Å². The van der Waals surface area contributed by atoms with E-state index in [1.165, 1.54) is 25.3 Å². The molecule has 1 aromatic carbocycles. The largest absolute Gasteiger partial charge is 0.495 e. The molecule has 1 N–H and O–H groups in total. The van der Waals surface area contributed by atoms with E-state index in [9.17, 15) is 22.8 Å². The third-order valence-corrected chi connectivity index (χ3v) is 6.63. The Balaban J connectivity index is 1.77. The molecule has 164 valence electrons. The summed E-state index contributed by atoms with van der Waals surface area (Å²) in [6.07, 6.45) is 0.661. The van der Waals surface area contributed by atoms with E-state index in [-0.39, 0.29) is 53.6 Å². The highest BCUT2D eigenvalue weighted by Gasteiger charge is 2.33. The summed E-state index contributed by atoms with van der Waals surface area (Å²) in [6, 6.07) is 3.81. The predicted molar refractivity (Wildman–Crippen MR) is 107 cm³/mol. The topological polar surface area (TPSA) is 122 Å². The molecular formula is C19H25N3O7S. The van der Waals surface area contributed by atoms with E-state index in [2.05, 4.69) is 4.72 Å². The second-order valence-electron chi connectivity index (χ2n) is 7.04. The Morgan fingerprint density at radius 2 is 1.80 bits per heavy atom. The molecule has 0 atom stereocenters. The van der Waals surface area contributed by atoms with Crippen molar-refractivity contribution in [2.75, 3.05) is 31.7 Å². The van der Waals surface area contributed by atoms with Gasteiger partial charge in [-0.25, -0.2) is 17.9 Å². The lowest BCUT2D eigenvalue weighted by Crippen LogP contribution is -2.46.